The van der Waals surface area contributed by atoms with E-state index in [0.717, 1.165) is 5.57 Å². The van der Waals surface area contributed by atoms with E-state index in [-0.39, 0.29) is 5.92 Å². The van der Waals surface area contributed by atoms with Gasteiger partial charge < -0.3 is 0 Å². The van der Waals surface area contributed by atoms with Crippen molar-refractivity contribution in [2.24, 2.45) is 5.92 Å². The Balaban J connectivity index is 2.42. The molecule has 1 nitrogen and oxygen atoms in total. The Morgan fingerprint density at radius 3 is 2.82 bits per heavy atom. The molecule has 2 aliphatic rings. The fourth-order valence-electron chi connectivity index (χ4n) is 2.37. The van der Waals surface area contributed by atoms with Crippen molar-refractivity contribution < 1.29 is 0 Å². The van der Waals surface area contributed by atoms with Gasteiger partial charge in [0.2, 0.25) is 0 Å². The summed E-state index contributed by atoms with van der Waals surface area (Å²) in [7, 11) is 0. The number of benzene rings is 1. The second kappa shape index (κ2) is 3.92. The van der Waals surface area contributed by atoms with E-state index in [2.05, 4.69) is 30.4 Å². The zero-order valence-corrected chi connectivity index (χ0v) is 9.30. The summed E-state index contributed by atoms with van der Waals surface area (Å²) in [5.41, 5.74) is 2.02. The van der Waals surface area contributed by atoms with Crippen molar-refractivity contribution >= 4 is 11.6 Å². The fraction of sp³-hybridized carbons (Fsp3) is 0.0625. The molecule has 1 atom stereocenters. The topological polar surface area (TPSA) is 23.8 Å². The number of allylic oxidation sites excluding steroid dienone is 6. The van der Waals surface area contributed by atoms with Gasteiger partial charge in [-0.3, -0.25) is 0 Å². The monoisotopic (exact) mass is 217 g/mol. The number of nitriles is 1. The van der Waals surface area contributed by atoms with Crippen molar-refractivity contribution in [1.82, 2.24) is 0 Å². The van der Waals surface area contributed by atoms with Crippen molar-refractivity contribution in [2.45, 2.75) is 0 Å². The Morgan fingerprint density at radius 2 is 1.94 bits per heavy atom. The summed E-state index contributed by atoms with van der Waals surface area (Å²) in [5.74, 6) is 0.102. The van der Waals surface area contributed by atoms with Crippen molar-refractivity contribution in [3.63, 3.8) is 0 Å². The normalized spacial score (nSPS) is 20.5. The maximum atomic E-state index is 9.22. The Bertz CT molecular complexity index is 709. The minimum atomic E-state index is 0.102. The number of nitrogens with zero attached hydrogens (tertiary/aromatic N) is 1. The standard InChI is InChI=1S/C16H11N/c17-11-13-10-9-12-5-1-2-6-14(12)16-8-4-3-7-15(13)16/h1-10,15H. The van der Waals surface area contributed by atoms with Crippen LogP contribution in [-0.2, 0) is 0 Å². The van der Waals surface area contributed by atoms with Gasteiger partial charge in [0, 0.05) is 11.5 Å². The number of rotatable bonds is 0. The number of hydrogen-bond acceptors (Lipinski definition) is 1. The van der Waals surface area contributed by atoms with Gasteiger partial charge in [-0.15, -0.1) is 0 Å². The predicted octanol–water partition coefficient (Wildman–Crippen LogP) is 1.82. The summed E-state index contributed by atoms with van der Waals surface area (Å²) in [4.78, 5) is 0. The first kappa shape index (κ1) is 9.86. The highest BCUT2D eigenvalue weighted by molar-refractivity contribution is 5.71. The molecular formula is C16H11N. The van der Waals surface area contributed by atoms with Crippen molar-refractivity contribution in [3.8, 4) is 6.07 Å². The molecule has 1 aromatic carbocycles. The van der Waals surface area contributed by atoms with Crippen molar-refractivity contribution in [3.05, 3.63) is 70.7 Å². The molecule has 0 aromatic heterocycles. The fourth-order valence-corrected chi connectivity index (χ4v) is 2.37. The smallest absolute Gasteiger partial charge is 0.0957 e. The van der Waals surface area contributed by atoms with Gasteiger partial charge in [-0.2, -0.15) is 5.26 Å². The summed E-state index contributed by atoms with van der Waals surface area (Å²) in [5, 5.41) is 11.6. The average Bonchev–Trinajstić information content (AvgIpc) is 2.56. The molecule has 1 unspecified atom stereocenters. The Kier molecular flexibility index (Phi) is 2.27. The van der Waals surface area contributed by atoms with Crippen LogP contribution in [0.5, 0.6) is 0 Å². The van der Waals surface area contributed by atoms with Gasteiger partial charge >= 0.3 is 0 Å². The van der Waals surface area contributed by atoms with Gasteiger partial charge in [-0.05, 0) is 22.1 Å². The third-order valence-corrected chi connectivity index (χ3v) is 3.20. The second-order valence-corrected chi connectivity index (χ2v) is 4.16. The number of fused-ring (bicyclic) bond motifs is 2. The highest BCUT2D eigenvalue weighted by Crippen LogP contribution is 2.26. The molecule has 1 aromatic rings. The lowest BCUT2D eigenvalue weighted by Crippen LogP contribution is -2.27. The summed E-state index contributed by atoms with van der Waals surface area (Å²) in [6, 6.07) is 10.6. The molecule has 0 radical (unpaired) electrons. The molecule has 0 saturated heterocycles. The maximum Gasteiger partial charge on any atom is 0.0957 e. The van der Waals surface area contributed by atoms with Crippen LogP contribution < -0.4 is 10.4 Å². The van der Waals surface area contributed by atoms with Crippen molar-refractivity contribution in [2.75, 3.05) is 0 Å². The first-order valence-corrected chi connectivity index (χ1v) is 5.66. The zero-order chi connectivity index (χ0) is 11.7. The van der Waals surface area contributed by atoms with E-state index >= 15 is 0 Å². The van der Waals surface area contributed by atoms with E-state index < -0.39 is 0 Å². The molecule has 0 aliphatic heterocycles. The lowest BCUT2D eigenvalue weighted by Gasteiger charge is -2.15. The van der Waals surface area contributed by atoms with Crippen LogP contribution in [0.15, 0.2) is 60.2 Å². The van der Waals surface area contributed by atoms with E-state index in [1.54, 1.807) is 0 Å². The van der Waals surface area contributed by atoms with Crippen LogP contribution in [0.25, 0.3) is 11.6 Å². The van der Waals surface area contributed by atoms with Crippen LogP contribution in [0.1, 0.15) is 0 Å². The van der Waals surface area contributed by atoms with Crippen LogP contribution in [0.4, 0.5) is 0 Å². The van der Waals surface area contributed by atoms with Crippen molar-refractivity contribution in [1.29, 1.82) is 5.26 Å². The first-order chi connectivity index (χ1) is 8.40. The molecule has 0 heterocycles. The Morgan fingerprint density at radius 1 is 1.06 bits per heavy atom. The first-order valence-electron chi connectivity index (χ1n) is 5.66. The van der Waals surface area contributed by atoms with Crippen LogP contribution in [0.2, 0.25) is 0 Å². The highest BCUT2D eigenvalue weighted by atomic mass is 14.3. The lowest BCUT2D eigenvalue weighted by molar-refractivity contribution is 1.03. The van der Waals surface area contributed by atoms with Crippen LogP contribution in [-0.4, -0.2) is 0 Å². The maximum absolute atomic E-state index is 9.22. The third kappa shape index (κ3) is 1.55. The summed E-state index contributed by atoms with van der Waals surface area (Å²) < 4.78 is 0. The molecule has 0 N–H and O–H groups in total. The minimum absolute atomic E-state index is 0.102. The van der Waals surface area contributed by atoms with E-state index in [1.807, 2.05) is 36.4 Å². The van der Waals surface area contributed by atoms with E-state index in [9.17, 15) is 5.26 Å². The summed E-state index contributed by atoms with van der Waals surface area (Å²) in [6.45, 7) is 0. The molecule has 0 fully saturated rings. The average molecular weight is 217 g/mol. The summed E-state index contributed by atoms with van der Waals surface area (Å²) in [6.07, 6.45) is 12.2. The largest absolute Gasteiger partial charge is 0.193 e. The molecule has 1 heteroatoms. The second-order valence-electron chi connectivity index (χ2n) is 4.16. The third-order valence-electron chi connectivity index (χ3n) is 3.20. The van der Waals surface area contributed by atoms with Gasteiger partial charge in [-0.1, -0.05) is 54.6 Å². The molecule has 17 heavy (non-hydrogen) atoms. The quantitative estimate of drug-likeness (QED) is 0.650. The molecule has 0 spiro atoms. The molecular weight excluding hydrogens is 206 g/mol. The SMILES string of the molecule is N#CC1=CC=c2ccccc2=C2C=CC=CC12. The molecule has 2 aliphatic carbocycles. The van der Waals surface area contributed by atoms with E-state index in [1.165, 1.54) is 16.0 Å². The molecule has 0 bridgehead atoms. The lowest BCUT2D eigenvalue weighted by atomic mass is 9.87. The van der Waals surface area contributed by atoms with Crippen LogP contribution in [0, 0.1) is 17.2 Å². The van der Waals surface area contributed by atoms with Gasteiger partial charge in [0.15, 0.2) is 0 Å². The molecule has 3 rings (SSSR count). The number of hydrogen-bond donors (Lipinski definition) is 0. The predicted molar refractivity (Wildman–Crippen MR) is 69.0 cm³/mol. The highest BCUT2D eigenvalue weighted by Gasteiger charge is 2.18. The molecule has 80 valence electrons. The summed E-state index contributed by atoms with van der Waals surface area (Å²) >= 11 is 0. The Hall–Kier alpha value is -2.33. The molecule has 0 saturated carbocycles. The van der Waals surface area contributed by atoms with Crippen LogP contribution in [0.3, 0.4) is 0 Å². The molecule has 0 amide bonds. The van der Waals surface area contributed by atoms with Gasteiger partial charge in [0.25, 0.3) is 0 Å². The minimum Gasteiger partial charge on any atom is -0.193 e. The van der Waals surface area contributed by atoms with Gasteiger partial charge in [-0.25, -0.2) is 0 Å². The zero-order valence-electron chi connectivity index (χ0n) is 9.30. The van der Waals surface area contributed by atoms with E-state index in [4.69, 9.17) is 0 Å². The van der Waals surface area contributed by atoms with E-state index in [0.29, 0.717) is 0 Å². The van der Waals surface area contributed by atoms with Gasteiger partial charge in [0.1, 0.15) is 0 Å². The van der Waals surface area contributed by atoms with Gasteiger partial charge in [0.05, 0.1) is 6.07 Å². The van der Waals surface area contributed by atoms with Crippen LogP contribution >= 0.6 is 0 Å². The Labute approximate surface area is 100 Å².